The van der Waals surface area contributed by atoms with Crippen molar-refractivity contribution in [3.63, 3.8) is 0 Å². The van der Waals surface area contributed by atoms with Gasteiger partial charge < -0.3 is 15.5 Å². The molecule has 0 aliphatic heterocycles. The Morgan fingerprint density at radius 1 is 1.08 bits per heavy atom. The van der Waals surface area contributed by atoms with Gasteiger partial charge in [0.1, 0.15) is 0 Å². The van der Waals surface area contributed by atoms with E-state index in [0.29, 0.717) is 6.54 Å². The first kappa shape index (κ1) is 16.7. The highest BCUT2D eigenvalue weighted by molar-refractivity contribution is 6.30. The number of anilines is 2. The molecule has 0 aromatic heterocycles. The van der Waals surface area contributed by atoms with Crippen molar-refractivity contribution < 1.29 is 4.79 Å². The first-order chi connectivity index (χ1) is 11.5. The summed E-state index contributed by atoms with van der Waals surface area (Å²) >= 11 is 5.95. The Labute approximate surface area is 147 Å². The van der Waals surface area contributed by atoms with Crippen LogP contribution in [-0.4, -0.2) is 26.7 Å². The standard InChI is InChI=1S/C19H22ClN3O/c1-23(2)17-9-7-16(8-10-17)22-18(24)21-13-19(11-12-19)14-3-5-15(20)6-4-14/h3-10H,11-13H2,1-2H3,(H2,21,22,24). The number of carbonyl (C=O) groups excluding carboxylic acids is 1. The molecule has 0 heterocycles. The fourth-order valence-corrected chi connectivity index (χ4v) is 2.92. The monoisotopic (exact) mass is 343 g/mol. The molecule has 0 atom stereocenters. The lowest BCUT2D eigenvalue weighted by molar-refractivity contribution is 0.251. The van der Waals surface area contributed by atoms with E-state index in [4.69, 9.17) is 11.6 Å². The number of carbonyl (C=O) groups is 1. The predicted octanol–water partition coefficient (Wildman–Crippen LogP) is 4.26. The molecule has 0 unspecified atom stereocenters. The van der Waals surface area contributed by atoms with Crippen LogP contribution in [0.1, 0.15) is 18.4 Å². The average Bonchev–Trinajstić information content (AvgIpc) is 3.35. The second kappa shape index (κ2) is 6.73. The van der Waals surface area contributed by atoms with Gasteiger partial charge in [-0.25, -0.2) is 4.79 Å². The van der Waals surface area contributed by atoms with Gasteiger partial charge >= 0.3 is 6.03 Å². The minimum atomic E-state index is -0.173. The van der Waals surface area contributed by atoms with Gasteiger partial charge in [0.2, 0.25) is 0 Å². The zero-order valence-electron chi connectivity index (χ0n) is 14.0. The highest BCUT2D eigenvalue weighted by Crippen LogP contribution is 2.47. The van der Waals surface area contributed by atoms with Gasteiger partial charge in [0.05, 0.1) is 0 Å². The summed E-state index contributed by atoms with van der Waals surface area (Å²) in [5.41, 5.74) is 3.19. The molecule has 1 aliphatic carbocycles. The largest absolute Gasteiger partial charge is 0.378 e. The quantitative estimate of drug-likeness (QED) is 0.852. The van der Waals surface area contributed by atoms with Gasteiger partial charge in [0.25, 0.3) is 0 Å². The molecule has 1 saturated carbocycles. The van der Waals surface area contributed by atoms with Gasteiger partial charge in [-0.1, -0.05) is 23.7 Å². The molecule has 3 rings (SSSR count). The molecule has 1 aliphatic rings. The number of hydrogen-bond acceptors (Lipinski definition) is 2. The molecular formula is C19H22ClN3O. The molecule has 4 nitrogen and oxygen atoms in total. The normalized spacial score (nSPS) is 14.8. The number of nitrogens with zero attached hydrogens (tertiary/aromatic N) is 1. The Hall–Kier alpha value is -2.20. The lowest BCUT2D eigenvalue weighted by atomic mass is 9.96. The van der Waals surface area contributed by atoms with Crippen LogP contribution in [0.2, 0.25) is 5.02 Å². The molecular weight excluding hydrogens is 322 g/mol. The van der Waals surface area contributed by atoms with Crippen LogP contribution >= 0.6 is 11.6 Å². The lowest BCUT2D eigenvalue weighted by Gasteiger charge is -2.17. The molecule has 2 amide bonds. The third-order valence-corrected chi connectivity index (χ3v) is 4.79. The molecule has 2 aromatic carbocycles. The van der Waals surface area contributed by atoms with Crippen molar-refractivity contribution in [3.05, 3.63) is 59.1 Å². The van der Waals surface area contributed by atoms with Crippen LogP contribution in [0.5, 0.6) is 0 Å². The Balaban J connectivity index is 1.55. The third-order valence-electron chi connectivity index (χ3n) is 4.54. The van der Waals surface area contributed by atoms with Crippen molar-refractivity contribution >= 4 is 29.0 Å². The van der Waals surface area contributed by atoms with Crippen molar-refractivity contribution in [2.24, 2.45) is 0 Å². The fraction of sp³-hybridized carbons (Fsp3) is 0.316. The van der Waals surface area contributed by atoms with Gasteiger partial charge in [0, 0.05) is 42.5 Å². The summed E-state index contributed by atoms with van der Waals surface area (Å²) in [6.07, 6.45) is 2.18. The van der Waals surface area contributed by atoms with Crippen LogP contribution in [0, 0.1) is 0 Å². The second-order valence-electron chi connectivity index (χ2n) is 6.54. The van der Waals surface area contributed by atoms with Crippen molar-refractivity contribution in [1.82, 2.24) is 5.32 Å². The molecule has 1 fully saturated rings. The number of nitrogens with one attached hydrogen (secondary N) is 2. The summed E-state index contributed by atoms with van der Waals surface area (Å²) in [5.74, 6) is 0. The number of halogens is 1. The maximum Gasteiger partial charge on any atom is 0.319 e. The minimum absolute atomic E-state index is 0.0662. The summed E-state index contributed by atoms with van der Waals surface area (Å²) in [5, 5.41) is 6.61. The van der Waals surface area contributed by atoms with Gasteiger partial charge in [-0.05, 0) is 54.8 Å². The number of rotatable bonds is 5. The molecule has 0 bridgehead atoms. The SMILES string of the molecule is CN(C)c1ccc(NC(=O)NCC2(c3ccc(Cl)cc3)CC2)cc1. The molecule has 5 heteroatoms. The molecule has 0 spiro atoms. The molecule has 2 N–H and O–H groups in total. The van der Waals surface area contributed by atoms with E-state index in [-0.39, 0.29) is 11.4 Å². The van der Waals surface area contributed by atoms with Crippen LogP contribution in [0.4, 0.5) is 16.2 Å². The molecule has 0 radical (unpaired) electrons. The highest BCUT2D eigenvalue weighted by atomic mass is 35.5. The van der Waals surface area contributed by atoms with Gasteiger partial charge in [0.15, 0.2) is 0 Å². The molecule has 126 valence electrons. The van der Waals surface area contributed by atoms with E-state index < -0.39 is 0 Å². The molecule has 2 aromatic rings. The topological polar surface area (TPSA) is 44.4 Å². The van der Waals surface area contributed by atoms with E-state index in [1.54, 1.807) is 0 Å². The zero-order valence-corrected chi connectivity index (χ0v) is 14.7. The van der Waals surface area contributed by atoms with E-state index in [9.17, 15) is 4.79 Å². The Morgan fingerprint density at radius 3 is 2.25 bits per heavy atom. The van der Waals surface area contributed by atoms with Crippen LogP contribution in [-0.2, 0) is 5.41 Å². The number of urea groups is 1. The molecule has 0 saturated heterocycles. The van der Waals surface area contributed by atoms with E-state index in [0.717, 1.165) is 29.2 Å². The third kappa shape index (κ3) is 3.82. The fourth-order valence-electron chi connectivity index (χ4n) is 2.79. The van der Waals surface area contributed by atoms with Gasteiger partial charge in [-0.15, -0.1) is 0 Å². The summed E-state index contributed by atoms with van der Waals surface area (Å²) in [4.78, 5) is 14.2. The Bertz CT molecular complexity index is 706. The van der Waals surface area contributed by atoms with Gasteiger partial charge in [-0.3, -0.25) is 0 Å². The number of amides is 2. The van der Waals surface area contributed by atoms with E-state index in [1.165, 1.54) is 5.56 Å². The number of hydrogen-bond donors (Lipinski definition) is 2. The first-order valence-electron chi connectivity index (χ1n) is 8.07. The van der Waals surface area contributed by atoms with Crippen molar-refractivity contribution in [2.75, 3.05) is 30.9 Å². The van der Waals surface area contributed by atoms with E-state index >= 15 is 0 Å². The summed E-state index contributed by atoms with van der Waals surface area (Å²) in [6, 6.07) is 15.5. The predicted molar refractivity (Wildman–Crippen MR) is 100 cm³/mol. The summed E-state index contributed by atoms with van der Waals surface area (Å²) < 4.78 is 0. The smallest absolute Gasteiger partial charge is 0.319 e. The summed E-state index contributed by atoms with van der Waals surface area (Å²) in [7, 11) is 3.97. The lowest BCUT2D eigenvalue weighted by Crippen LogP contribution is -2.35. The zero-order chi connectivity index (χ0) is 17.2. The van der Waals surface area contributed by atoms with E-state index in [2.05, 4.69) is 22.8 Å². The highest BCUT2D eigenvalue weighted by Gasteiger charge is 2.44. The maximum atomic E-state index is 12.1. The van der Waals surface area contributed by atoms with Crippen molar-refractivity contribution in [3.8, 4) is 0 Å². The molecule has 24 heavy (non-hydrogen) atoms. The Morgan fingerprint density at radius 2 is 1.71 bits per heavy atom. The van der Waals surface area contributed by atoms with Crippen molar-refractivity contribution in [2.45, 2.75) is 18.3 Å². The van der Waals surface area contributed by atoms with E-state index in [1.807, 2.05) is 55.4 Å². The average molecular weight is 344 g/mol. The van der Waals surface area contributed by atoms with Gasteiger partial charge in [-0.2, -0.15) is 0 Å². The maximum absolute atomic E-state index is 12.1. The summed E-state index contributed by atoms with van der Waals surface area (Å²) in [6.45, 7) is 0.635. The van der Waals surface area contributed by atoms with Crippen LogP contribution < -0.4 is 15.5 Å². The van der Waals surface area contributed by atoms with Crippen LogP contribution in [0.25, 0.3) is 0 Å². The van der Waals surface area contributed by atoms with Crippen molar-refractivity contribution in [1.29, 1.82) is 0 Å². The number of benzene rings is 2. The Kier molecular flexibility index (Phi) is 4.67. The second-order valence-corrected chi connectivity index (χ2v) is 6.97. The van der Waals surface area contributed by atoms with Crippen LogP contribution in [0.3, 0.4) is 0 Å². The minimum Gasteiger partial charge on any atom is -0.378 e. The first-order valence-corrected chi connectivity index (χ1v) is 8.45. The van der Waals surface area contributed by atoms with Crippen LogP contribution in [0.15, 0.2) is 48.5 Å².